The number of halogens is 1. The van der Waals surface area contributed by atoms with Gasteiger partial charge in [0.2, 0.25) is 0 Å². The molecule has 0 bridgehead atoms. The minimum atomic E-state index is -0.179. The van der Waals surface area contributed by atoms with Crippen LogP contribution in [-0.4, -0.2) is 15.7 Å². The molecular weight excluding hydrogens is 434 g/mol. The second-order valence-electron chi connectivity index (χ2n) is 8.23. The highest BCUT2D eigenvalue weighted by molar-refractivity contribution is 6.32. The average molecular weight is 460 g/mol. The minimum Gasteiger partial charge on any atom is -0.489 e. The van der Waals surface area contributed by atoms with Gasteiger partial charge >= 0.3 is 0 Å². The molecule has 0 fully saturated rings. The molecule has 3 aromatic carbocycles. The van der Waals surface area contributed by atoms with Crippen LogP contribution in [0.25, 0.3) is 0 Å². The van der Waals surface area contributed by atoms with E-state index in [1.165, 1.54) is 5.56 Å². The van der Waals surface area contributed by atoms with Crippen LogP contribution >= 0.6 is 11.6 Å². The molecule has 0 spiro atoms. The predicted molar refractivity (Wildman–Crippen MR) is 132 cm³/mol. The summed E-state index contributed by atoms with van der Waals surface area (Å²) in [7, 11) is 0. The third-order valence-electron chi connectivity index (χ3n) is 5.35. The number of hydrogen-bond acceptors (Lipinski definition) is 3. The van der Waals surface area contributed by atoms with Gasteiger partial charge in [-0.3, -0.25) is 9.48 Å². The molecule has 1 aromatic heterocycles. The summed E-state index contributed by atoms with van der Waals surface area (Å²) in [6, 6.07) is 19.5. The van der Waals surface area contributed by atoms with Gasteiger partial charge in [0.1, 0.15) is 12.4 Å². The molecule has 0 saturated heterocycles. The summed E-state index contributed by atoms with van der Waals surface area (Å²) < 4.78 is 7.70. The van der Waals surface area contributed by atoms with Crippen molar-refractivity contribution in [2.45, 2.75) is 33.9 Å². The number of carbonyl (C=O) groups excluding carboxylic acids is 1. The van der Waals surface area contributed by atoms with Crippen molar-refractivity contribution in [3.8, 4) is 5.75 Å². The van der Waals surface area contributed by atoms with Gasteiger partial charge in [-0.1, -0.05) is 53.6 Å². The number of nitrogens with zero attached hydrogens (tertiary/aromatic N) is 2. The maximum atomic E-state index is 12.6. The molecule has 0 unspecified atom stereocenters. The van der Waals surface area contributed by atoms with Crippen LogP contribution in [0.1, 0.15) is 38.2 Å². The van der Waals surface area contributed by atoms with Crippen LogP contribution in [0.15, 0.2) is 73.1 Å². The zero-order chi connectivity index (χ0) is 23.4. The van der Waals surface area contributed by atoms with Crippen molar-refractivity contribution in [3.05, 3.63) is 111 Å². The summed E-state index contributed by atoms with van der Waals surface area (Å²) in [5.74, 6) is 0.598. The molecule has 1 heterocycles. The van der Waals surface area contributed by atoms with Crippen LogP contribution in [0.5, 0.6) is 5.75 Å². The fourth-order valence-electron chi connectivity index (χ4n) is 3.62. The van der Waals surface area contributed by atoms with Crippen molar-refractivity contribution < 1.29 is 9.53 Å². The number of rotatable bonds is 7. The van der Waals surface area contributed by atoms with Gasteiger partial charge in [-0.05, 0) is 67.3 Å². The fraction of sp³-hybridized carbons (Fsp3) is 0.185. The lowest BCUT2D eigenvalue weighted by Gasteiger charge is -2.10. The summed E-state index contributed by atoms with van der Waals surface area (Å²) in [5.41, 5.74) is 6.56. The molecule has 0 aliphatic rings. The predicted octanol–water partition coefficient (Wildman–Crippen LogP) is 6.34. The maximum Gasteiger partial charge on any atom is 0.255 e. The molecule has 5 nitrogen and oxygen atoms in total. The Hall–Kier alpha value is -3.57. The fourth-order valence-corrected chi connectivity index (χ4v) is 3.73. The Balaban J connectivity index is 1.33. The molecule has 0 atom stereocenters. The first-order chi connectivity index (χ1) is 15.9. The highest BCUT2D eigenvalue weighted by atomic mass is 35.5. The molecule has 0 aliphatic heterocycles. The van der Waals surface area contributed by atoms with E-state index < -0.39 is 0 Å². The zero-order valence-electron chi connectivity index (χ0n) is 18.9. The Morgan fingerprint density at radius 3 is 2.42 bits per heavy atom. The minimum absolute atomic E-state index is 0.179. The Kier molecular flexibility index (Phi) is 6.80. The molecule has 6 heteroatoms. The lowest BCUT2D eigenvalue weighted by atomic mass is 10.1. The van der Waals surface area contributed by atoms with Gasteiger partial charge in [0.05, 0.1) is 18.4 Å². The molecular formula is C27H26ClN3O2. The van der Waals surface area contributed by atoms with Crippen molar-refractivity contribution in [1.29, 1.82) is 0 Å². The van der Waals surface area contributed by atoms with Gasteiger partial charge in [-0.15, -0.1) is 0 Å². The SMILES string of the molecule is Cc1cccc(Cn2cc(NC(=O)c3ccc(COc4cc(C)c(Cl)c(C)c4)cc3)cn2)c1. The van der Waals surface area contributed by atoms with E-state index in [4.69, 9.17) is 16.3 Å². The standard InChI is InChI=1S/C27H26ClN3O2/c1-18-5-4-6-22(11-18)15-31-16-24(14-29-31)30-27(32)23-9-7-21(8-10-23)17-33-25-12-19(2)26(28)20(3)13-25/h4-14,16H,15,17H2,1-3H3,(H,30,32). The molecule has 33 heavy (non-hydrogen) atoms. The summed E-state index contributed by atoms with van der Waals surface area (Å²) in [5, 5.41) is 8.02. The highest BCUT2D eigenvalue weighted by Gasteiger charge is 2.09. The van der Waals surface area contributed by atoms with Crippen molar-refractivity contribution in [2.24, 2.45) is 0 Å². The number of aromatic nitrogens is 2. The molecule has 1 N–H and O–H groups in total. The molecule has 0 saturated carbocycles. The molecule has 168 valence electrons. The Bertz CT molecular complexity index is 1260. The Morgan fingerprint density at radius 2 is 1.73 bits per heavy atom. The monoisotopic (exact) mass is 459 g/mol. The second kappa shape index (κ2) is 9.92. The highest BCUT2D eigenvalue weighted by Crippen LogP contribution is 2.26. The van der Waals surface area contributed by atoms with E-state index in [9.17, 15) is 4.79 Å². The zero-order valence-corrected chi connectivity index (χ0v) is 19.7. The number of carbonyl (C=O) groups is 1. The topological polar surface area (TPSA) is 56.2 Å². The summed E-state index contributed by atoms with van der Waals surface area (Å²) in [4.78, 5) is 12.6. The van der Waals surface area contributed by atoms with E-state index in [1.54, 1.807) is 18.3 Å². The smallest absolute Gasteiger partial charge is 0.255 e. The van der Waals surface area contributed by atoms with Crippen molar-refractivity contribution in [3.63, 3.8) is 0 Å². The number of amides is 1. The van der Waals surface area contributed by atoms with Crippen LogP contribution in [0.3, 0.4) is 0 Å². The van der Waals surface area contributed by atoms with Gasteiger partial charge in [-0.2, -0.15) is 5.10 Å². The van der Waals surface area contributed by atoms with E-state index in [2.05, 4.69) is 35.5 Å². The lowest BCUT2D eigenvalue weighted by molar-refractivity contribution is 0.102. The quantitative estimate of drug-likeness (QED) is 0.350. The number of aryl methyl sites for hydroxylation is 3. The van der Waals surface area contributed by atoms with Gasteiger partial charge < -0.3 is 10.1 Å². The van der Waals surface area contributed by atoms with Gasteiger partial charge in [0, 0.05) is 16.8 Å². The number of anilines is 1. The third-order valence-corrected chi connectivity index (χ3v) is 5.95. The maximum absolute atomic E-state index is 12.6. The van der Waals surface area contributed by atoms with E-state index in [1.807, 2.05) is 55.1 Å². The van der Waals surface area contributed by atoms with E-state index in [0.717, 1.165) is 33.0 Å². The number of nitrogens with one attached hydrogen (secondary N) is 1. The number of hydrogen-bond donors (Lipinski definition) is 1. The molecule has 1 amide bonds. The normalized spacial score (nSPS) is 10.8. The third kappa shape index (κ3) is 5.82. The van der Waals surface area contributed by atoms with Gasteiger partial charge in [0.25, 0.3) is 5.91 Å². The molecule has 4 rings (SSSR count). The summed E-state index contributed by atoms with van der Waals surface area (Å²) in [6.45, 7) is 7.05. The van der Waals surface area contributed by atoms with Crippen molar-refractivity contribution >= 4 is 23.2 Å². The first kappa shape index (κ1) is 22.6. The Labute approximate surface area is 199 Å². The number of ether oxygens (including phenoxy) is 1. The van der Waals surface area contributed by atoms with Crippen LogP contribution in [0, 0.1) is 20.8 Å². The molecule has 0 radical (unpaired) electrons. The first-order valence-corrected chi connectivity index (χ1v) is 11.1. The van der Waals surface area contributed by atoms with Crippen LogP contribution < -0.4 is 10.1 Å². The van der Waals surface area contributed by atoms with Gasteiger partial charge in [-0.25, -0.2) is 0 Å². The average Bonchev–Trinajstić information content (AvgIpc) is 3.22. The molecule has 4 aromatic rings. The van der Waals surface area contributed by atoms with Crippen molar-refractivity contribution in [1.82, 2.24) is 9.78 Å². The van der Waals surface area contributed by atoms with E-state index in [0.29, 0.717) is 24.4 Å². The summed E-state index contributed by atoms with van der Waals surface area (Å²) >= 11 is 6.22. The Morgan fingerprint density at radius 1 is 1.00 bits per heavy atom. The van der Waals surface area contributed by atoms with E-state index >= 15 is 0 Å². The summed E-state index contributed by atoms with van der Waals surface area (Å²) in [6.07, 6.45) is 3.49. The largest absolute Gasteiger partial charge is 0.489 e. The van der Waals surface area contributed by atoms with Crippen LogP contribution in [0.2, 0.25) is 5.02 Å². The first-order valence-electron chi connectivity index (χ1n) is 10.8. The van der Waals surface area contributed by atoms with Crippen LogP contribution in [-0.2, 0) is 13.2 Å². The number of benzene rings is 3. The molecule has 0 aliphatic carbocycles. The van der Waals surface area contributed by atoms with Crippen molar-refractivity contribution in [2.75, 3.05) is 5.32 Å². The van der Waals surface area contributed by atoms with Crippen LogP contribution in [0.4, 0.5) is 5.69 Å². The van der Waals surface area contributed by atoms with Gasteiger partial charge in [0.15, 0.2) is 0 Å². The lowest BCUT2D eigenvalue weighted by Crippen LogP contribution is -2.11. The van der Waals surface area contributed by atoms with E-state index in [-0.39, 0.29) is 5.91 Å². The second-order valence-corrected chi connectivity index (χ2v) is 8.60.